The highest BCUT2D eigenvalue weighted by Crippen LogP contribution is 2.19. The molecule has 2 amide bonds. The van der Waals surface area contributed by atoms with Gasteiger partial charge in [0.25, 0.3) is 0 Å². The van der Waals surface area contributed by atoms with Gasteiger partial charge in [-0.25, -0.2) is 0 Å². The molecule has 1 unspecified atom stereocenters. The monoisotopic (exact) mass is 147 g/mol. The highest BCUT2D eigenvalue weighted by molar-refractivity contribution is 6.32. The summed E-state index contributed by atoms with van der Waals surface area (Å²) in [5.74, 6) is -0.814. The van der Waals surface area contributed by atoms with Gasteiger partial charge in [0.05, 0.1) is 0 Å². The topological polar surface area (TPSA) is 37.4 Å². The summed E-state index contributed by atoms with van der Waals surface area (Å²) in [6.45, 7) is 1.68. The zero-order valence-electron chi connectivity index (χ0n) is 4.93. The first-order valence-electron chi connectivity index (χ1n) is 2.65. The Hall–Kier alpha value is -0.570. The summed E-state index contributed by atoms with van der Waals surface area (Å²) in [5, 5.41) is 0. The molecule has 0 N–H and O–H groups in total. The van der Waals surface area contributed by atoms with Gasteiger partial charge < -0.3 is 0 Å². The number of rotatable bonds is 0. The largest absolute Gasteiger partial charge is 0.273 e. The first kappa shape index (κ1) is 6.55. The van der Waals surface area contributed by atoms with Crippen LogP contribution in [0, 0.1) is 5.92 Å². The normalized spacial score (nSPS) is 27.8. The van der Waals surface area contributed by atoms with Crippen LogP contribution in [0.2, 0.25) is 0 Å². The summed E-state index contributed by atoms with van der Waals surface area (Å²) in [5.41, 5.74) is 0. The SMILES string of the molecule is CC1CC(=O)N(Cl)C1=O. The molecule has 0 saturated carbocycles. The molecule has 1 aliphatic heterocycles. The van der Waals surface area contributed by atoms with Crippen molar-refractivity contribution in [3.05, 3.63) is 0 Å². The van der Waals surface area contributed by atoms with E-state index in [-0.39, 0.29) is 24.2 Å². The number of nitrogens with zero attached hydrogens (tertiary/aromatic N) is 1. The van der Waals surface area contributed by atoms with Crippen LogP contribution < -0.4 is 0 Å². The Balaban J connectivity index is 2.77. The van der Waals surface area contributed by atoms with E-state index in [1.165, 1.54) is 0 Å². The molecule has 1 saturated heterocycles. The molecule has 0 aromatic rings. The van der Waals surface area contributed by atoms with Gasteiger partial charge in [0.1, 0.15) is 0 Å². The molecule has 3 nitrogen and oxygen atoms in total. The van der Waals surface area contributed by atoms with E-state index in [2.05, 4.69) is 0 Å². The maximum absolute atomic E-state index is 10.7. The second kappa shape index (κ2) is 1.99. The zero-order valence-corrected chi connectivity index (χ0v) is 5.68. The van der Waals surface area contributed by atoms with Gasteiger partial charge in [-0.3, -0.25) is 9.59 Å². The second-order valence-electron chi connectivity index (χ2n) is 2.12. The molecular formula is C5H6ClNO2. The molecule has 4 heteroatoms. The highest BCUT2D eigenvalue weighted by Gasteiger charge is 2.34. The Morgan fingerprint density at radius 3 is 2.33 bits per heavy atom. The van der Waals surface area contributed by atoms with Gasteiger partial charge in [0, 0.05) is 24.1 Å². The predicted molar refractivity (Wildman–Crippen MR) is 31.5 cm³/mol. The molecule has 0 spiro atoms. The molecule has 1 rings (SSSR count). The van der Waals surface area contributed by atoms with Gasteiger partial charge in [-0.1, -0.05) is 6.92 Å². The van der Waals surface area contributed by atoms with Crippen molar-refractivity contribution in [1.29, 1.82) is 0 Å². The standard InChI is InChI=1S/C5H6ClNO2/c1-3-2-4(8)7(6)5(3)9/h3H,2H2,1H3. The number of halogens is 1. The van der Waals surface area contributed by atoms with E-state index in [1.54, 1.807) is 6.92 Å². The van der Waals surface area contributed by atoms with Crippen LogP contribution in [0.4, 0.5) is 0 Å². The third-order valence-electron chi connectivity index (χ3n) is 1.31. The summed E-state index contributed by atoms with van der Waals surface area (Å²) < 4.78 is 0.657. The third-order valence-corrected chi connectivity index (χ3v) is 1.67. The van der Waals surface area contributed by atoms with Crippen LogP contribution in [0.25, 0.3) is 0 Å². The molecule has 1 aliphatic rings. The molecule has 1 atom stereocenters. The molecule has 0 radical (unpaired) electrons. The number of hydrogen-bond acceptors (Lipinski definition) is 2. The average molecular weight is 148 g/mol. The Morgan fingerprint density at radius 2 is 2.22 bits per heavy atom. The van der Waals surface area contributed by atoms with Crippen LogP contribution in [0.5, 0.6) is 0 Å². The summed E-state index contributed by atoms with van der Waals surface area (Å²) in [7, 11) is 0. The van der Waals surface area contributed by atoms with Crippen molar-refractivity contribution in [3.8, 4) is 0 Å². The van der Waals surface area contributed by atoms with Crippen molar-refractivity contribution >= 4 is 23.6 Å². The third kappa shape index (κ3) is 0.920. The Kier molecular flexibility index (Phi) is 1.45. The molecule has 9 heavy (non-hydrogen) atoms. The fourth-order valence-electron chi connectivity index (χ4n) is 0.746. The maximum Gasteiger partial charge on any atom is 0.247 e. The number of imide groups is 1. The van der Waals surface area contributed by atoms with Gasteiger partial charge in [-0.2, -0.15) is 4.42 Å². The minimum atomic E-state index is -0.297. The lowest BCUT2D eigenvalue weighted by Crippen LogP contribution is -2.19. The molecule has 0 aliphatic carbocycles. The number of amides is 2. The van der Waals surface area contributed by atoms with E-state index >= 15 is 0 Å². The summed E-state index contributed by atoms with van der Waals surface area (Å²) in [6, 6.07) is 0. The number of carbonyl (C=O) groups excluding carboxylic acids is 2. The summed E-state index contributed by atoms with van der Waals surface area (Å²) >= 11 is 5.24. The van der Waals surface area contributed by atoms with Crippen molar-refractivity contribution in [2.24, 2.45) is 5.92 Å². The quantitative estimate of drug-likeness (QED) is 0.370. The van der Waals surface area contributed by atoms with Crippen LogP contribution >= 0.6 is 11.8 Å². The van der Waals surface area contributed by atoms with E-state index in [0.717, 1.165) is 0 Å². The fourth-order valence-corrected chi connectivity index (χ4v) is 0.981. The molecule has 0 aromatic carbocycles. The zero-order chi connectivity index (χ0) is 7.02. The number of carbonyl (C=O) groups is 2. The molecular weight excluding hydrogens is 142 g/mol. The first-order valence-corrected chi connectivity index (χ1v) is 2.99. The maximum atomic E-state index is 10.7. The van der Waals surface area contributed by atoms with Crippen LogP contribution in [-0.2, 0) is 9.59 Å². The van der Waals surface area contributed by atoms with E-state index in [4.69, 9.17) is 11.8 Å². The lowest BCUT2D eigenvalue weighted by molar-refractivity contribution is -0.133. The molecule has 1 heterocycles. The fraction of sp³-hybridized carbons (Fsp3) is 0.600. The van der Waals surface area contributed by atoms with Gasteiger partial charge in [-0.15, -0.1) is 0 Å². The molecule has 0 bridgehead atoms. The van der Waals surface area contributed by atoms with Crippen molar-refractivity contribution in [2.45, 2.75) is 13.3 Å². The minimum Gasteiger partial charge on any atom is -0.273 e. The average Bonchev–Trinajstić information content (AvgIpc) is 1.98. The van der Waals surface area contributed by atoms with Crippen molar-refractivity contribution in [2.75, 3.05) is 0 Å². The summed E-state index contributed by atoms with van der Waals surface area (Å²) in [6.07, 6.45) is 0.252. The van der Waals surface area contributed by atoms with Gasteiger partial charge >= 0.3 is 0 Å². The molecule has 1 fully saturated rings. The highest BCUT2D eigenvalue weighted by atomic mass is 35.5. The molecule has 0 aromatic heterocycles. The van der Waals surface area contributed by atoms with Crippen molar-refractivity contribution < 1.29 is 9.59 Å². The number of hydrogen-bond donors (Lipinski definition) is 0. The Bertz CT molecular complexity index is 168. The molecule has 50 valence electrons. The predicted octanol–water partition coefficient (Wildman–Crippen LogP) is 0.535. The first-order chi connectivity index (χ1) is 4.13. The summed E-state index contributed by atoms with van der Waals surface area (Å²) in [4.78, 5) is 21.3. The lowest BCUT2D eigenvalue weighted by Gasteiger charge is -1.98. The van der Waals surface area contributed by atoms with E-state index in [1.807, 2.05) is 0 Å². The van der Waals surface area contributed by atoms with Gasteiger partial charge in [0.15, 0.2) is 0 Å². The smallest absolute Gasteiger partial charge is 0.247 e. The van der Waals surface area contributed by atoms with Crippen LogP contribution in [-0.4, -0.2) is 16.2 Å². The van der Waals surface area contributed by atoms with Crippen molar-refractivity contribution in [1.82, 2.24) is 4.42 Å². The lowest BCUT2D eigenvalue weighted by atomic mass is 10.1. The van der Waals surface area contributed by atoms with Crippen molar-refractivity contribution in [3.63, 3.8) is 0 Å². The minimum absolute atomic E-state index is 0.227. The second-order valence-corrected chi connectivity index (χ2v) is 2.46. The van der Waals surface area contributed by atoms with Crippen LogP contribution in [0.1, 0.15) is 13.3 Å². The van der Waals surface area contributed by atoms with E-state index in [0.29, 0.717) is 4.42 Å². The van der Waals surface area contributed by atoms with Gasteiger partial charge in [-0.05, 0) is 0 Å². The van der Waals surface area contributed by atoms with E-state index in [9.17, 15) is 9.59 Å². The van der Waals surface area contributed by atoms with Gasteiger partial charge in [0.2, 0.25) is 11.8 Å². The van der Waals surface area contributed by atoms with Crippen LogP contribution in [0.15, 0.2) is 0 Å². The van der Waals surface area contributed by atoms with E-state index < -0.39 is 0 Å². The Morgan fingerprint density at radius 1 is 1.67 bits per heavy atom. The van der Waals surface area contributed by atoms with Crippen LogP contribution in [0.3, 0.4) is 0 Å². The Labute approximate surface area is 57.7 Å².